The Kier molecular flexibility index (Phi) is 8.72. The molecule has 8 nitrogen and oxygen atoms in total. The SMILES string of the molecule is CCOC(=O)CCC(=O)Oc1ccc(OC(=O)c2ccc(C(=O)Oc3ccccc3)cc2C)cc1. The van der Waals surface area contributed by atoms with Crippen LogP contribution in [0.15, 0.2) is 72.8 Å². The highest BCUT2D eigenvalue weighted by molar-refractivity contribution is 5.96. The van der Waals surface area contributed by atoms with E-state index < -0.39 is 23.9 Å². The van der Waals surface area contributed by atoms with Gasteiger partial charge in [-0.15, -0.1) is 0 Å². The van der Waals surface area contributed by atoms with Crippen LogP contribution >= 0.6 is 0 Å². The molecule has 0 amide bonds. The highest BCUT2D eigenvalue weighted by Crippen LogP contribution is 2.21. The fourth-order valence-corrected chi connectivity index (χ4v) is 3.03. The molecule has 0 aliphatic rings. The van der Waals surface area contributed by atoms with Crippen LogP contribution in [-0.4, -0.2) is 30.5 Å². The van der Waals surface area contributed by atoms with Crippen molar-refractivity contribution in [3.63, 3.8) is 0 Å². The summed E-state index contributed by atoms with van der Waals surface area (Å²) < 4.78 is 20.6. The van der Waals surface area contributed by atoms with E-state index in [4.69, 9.17) is 18.9 Å². The molecule has 0 aliphatic heterocycles. The van der Waals surface area contributed by atoms with E-state index >= 15 is 0 Å². The molecule has 0 aliphatic carbocycles. The van der Waals surface area contributed by atoms with Crippen LogP contribution in [0.1, 0.15) is 46.0 Å². The quantitative estimate of drug-likeness (QED) is 0.324. The van der Waals surface area contributed by atoms with Crippen molar-refractivity contribution in [2.24, 2.45) is 0 Å². The molecule has 0 fully saturated rings. The Morgan fingerprint density at radius 1 is 0.657 bits per heavy atom. The molecule has 0 saturated carbocycles. The molecule has 8 heteroatoms. The average molecular weight is 476 g/mol. The van der Waals surface area contributed by atoms with Crippen LogP contribution in [0.25, 0.3) is 0 Å². The van der Waals surface area contributed by atoms with Crippen LogP contribution in [0, 0.1) is 6.92 Å². The minimum absolute atomic E-state index is 0.0650. The molecular weight excluding hydrogens is 452 g/mol. The van der Waals surface area contributed by atoms with Crippen molar-refractivity contribution in [1.82, 2.24) is 0 Å². The van der Waals surface area contributed by atoms with Gasteiger partial charge in [0.25, 0.3) is 0 Å². The van der Waals surface area contributed by atoms with Crippen molar-refractivity contribution in [2.45, 2.75) is 26.7 Å². The van der Waals surface area contributed by atoms with Crippen molar-refractivity contribution >= 4 is 23.9 Å². The Hall–Kier alpha value is -4.46. The second kappa shape index (κ2) is 12.1. The summed E-state index contributed by atoms with van der Waals surface area (Å²) in [4.78, 5) is 48.1. The number of hydrogen-bond acceptors (Lipinski definition) is 8. The molecule has 3 aromatic rings. The monoisotopic (exact) mass is 476 g/mol. The largest absolute Gasteiger partial charge is 0.466 e. The summed E-state index contributed by atoms with van der Waals surface area (Å²) in [6.45, 7) is 3.62. The smallest absolute Gasteiger partial charge is 0.343 e. The topological polar surface area (TPSA) is 105 Å². The van der Waals surface area contributed by atoms with Gasteiger partial charge in [-0.25, -0.2) is 9.59 Å². The number of esters is 4. The van der Waals surface area contributed by atoms with E-state index in [0.717, 1.165) is 0 Å². The number of carbonyl (C=O) groups excluding carboxylic acids is 4. The number of aryl methyl sites for hydroxylation is 1. The van der Waals surface area contributed by atoms with Crippen molar-refractivity contribution < 1.29 is 38.1 Å². The Labute approximate surface area is 202 Å². The fraction of sp³-hybridized carbons (Fsp3) is 0.185. The minimum atomic E-state index is -0.607. The molecule has 0 N–H and O–H groups in total. The normalized spacial score (nSPS) is 10.2. The van der Waals surface area contributed by atoms with E-state index in [1.54, 1.807) is 44.2 Å². The molecule has 0 saturated heterocycles. The van der Waals surface area contributed by atoms with Gasteiger partial charge in [-0.05, 0) is 74.0 Å². The van der Waals surface area contributed by atoms with E-state index in [1.165, 1.54) is 36.4 Å². The van der Waals surface area contributed by atoms with Gasteiger partial charge in [0.15, 0.2) is 0 Å². The molecule has 3 rings (SSSR count). The van der Waals surface area contributed by atoms with Crippen molar-refractivity contribution in [2.75, 3.05) is 6.61 Å². The first kappa shape index (κ1) is 25.2. The van der Waals surface area contributed by atoms with Crippen LogP contribution < -0.4 is 14.2 Å². The first-order chi connectivity index (χ1) is 16.9. The number of rotatable bonds is 9. The van der Waals surface area contributed by atoms with Gasteiger partial charge in [0.05, 0.1) is 30.6 Å². The molecular formula is C27H24O8. The Morgan fingerprint density at radius 2 is 1.23 bits per heavy atom. The zero-order valence-corrected chi connectivity index (χ0v) is 19.3. The molecule has 0 radical (unpaired) electrons. The predicted octanol–water partition coefficient (Wildman–Crippen LogP) is 4.68. The third-order valence-electron chi connectivity index (χ3n) is 4.74. The lowest BCUT2D eigenvalue weighted by Crippen LogP contribution is -2.13. The molecule has 0 aromatic heterocycles. The Morgan fingerprint density at radius 3 is 1.86 bits per heavy atom. The zero-order valence-electron chi connectivity index (χ0n) is 19.3. The molecule has 0 heterocycles. The van der Waals surface area contributed by atoms with Gasteiger partial charge in [-0.2, -0.15) is 0 Å². The third kappa shape index (κ3) is 7.53. The molecule has 0 spiro atoms. The standard InChI is InChI=1S/C27H24O8/c1-3-32-24(28)15-16-25(29)33-21-10-12-22(13-11-21)35-27(31)23-14-9-19(17-18(23)2)26(30)34-20-7-5-4-6-8-20/h4-14,17H,3,15-16H2,1-2H3. The van der Waals surface area contributed by atoms with E-state index in [-0.39, 0.29) is 36.5 Å². The molecule has 0 unspecified atom stereocenters. The van der Waals surface area contributed by atoms with Crippen molar-refractivity contribution in [3.05, 3.63) is 89.5 Å². The summed E-state index contributed by atoms with van der Waals surface area (Å²) in [6, 6.07) is 19.1. The lowest BCUT2D eigenvalue weighted by Gasteiger charge is -2.10. The van der Waals surface area contributed by atoms with E-state index in [0.29, 0.717) is 16.9 Å². The summed E-state index contributed by atoms with van der Waals surface area (Å²) in [5, 5.41) is 0. The first-order valence-electron chi connectivity index (χ1n) is 10.9. The van der Waals surface area contributed by atoms with Crippen LogP contribution in [0.4, 0.5) is 0 Å². The second-order valence-electron chi connectivity index (χ2n) is 7.37. The van der Waals surface area contributed by atoms with E-state index in [2.05, 4.69) is 0 Å². The molecule has 35 heavy (non-hydrogen) atoms. The molecule has 180 valence electrons. The number of hydrogen-bond donors (Lipinski definition) is 0. The van der Waals surface area contributed by atoms with Crippen molar-refractivity contribution in [3.8, 4) is 17.2 Å². The average Bonchev–Trinajstić information content (AvgIpc) is 2.84. The lowest BCUT2D eigenvalue weighted by atomic mass is 10.1. The maximum Gasteiger partial charge on any atom is 0.343 e. The minimum Gasteiger partial charge on any atom is -0.466 e. The van der Waals surface area contributed by atoms with Gasteiger partial charge < -0.3 is 18.9 Å². The Bertz CT molecular complexity index is 1200. The number of benzene rings is 3. The highest BCUT2D eigenvalue weighted by Gasteiger charge is 2.16. The fourth-order valence-electron chi connectivity index (χ4n) is 3.03. The van der Waals surface area contributed by atoms with E-state index in [9.17, 15) is 19.2 Å². The first-order valence-corrected chi connectivity index (χ1v) is 10.9. The van der Waals surface area contributed by atoms with Crippen LogP contribution in [0.3, 0.4) is 0 Å². The number of para-hydroxylation sites is 1. The summed E-state index contributed by atoms with van der Waals surface area (Å²) >= 11 is 0. The van der Waals surface area contributed by atoms with E-state index in [1.807, 2.05) is 6.07 Å². The Balaban J connectivity index is 1.56. The van der Waals surface area contributed by atoms with Gasteiger partial charge in [0, 0.05) is 0 Å². The summed E-state index contributed by atoms with van der Waals surface area (Å²) in [6.07, 6.45) is -0.172. The van der Waals surface area contributed by atoms with Crippen molar-refractivity contribution in [1.29, 1.82) is 0 Å². The maximum atomic E-state index is 12.6. The molecule has 0 atom stereocenters. The van der Waals surface area contributed by atoms with Gasteiger partial charge in [-0.1, -0.05) is 18.2 Å². The zero-order chi connectivity index (χ0) is 25.2. The number of ether oxygens (including phenoxy) is 4. The molecule has 0 bridgehead atoms. The summed E-state index contributed by atoms with van der Waals surface area (Å²) in [7, 11) is 0. The molecule has 3 aromatic carbocycles. The summed E-state index contributed by atoms with van der Waals surface area (Å²) in [5.41, 5.74) is 1.14. The predicted molar refractivity (Wildman–Crippen MR) is 125 cm³/mol. The maximum absolute atomic E-state index is 12.6. The van der Waals surface area contributed by atoms with Gasteiger partial charge in [0.2, 0.25) is 0 Å². The van der Waals surface area contributed by atoms with Crippen LogP contribution in [-0.2, 0) is 14.3 Å². The van der Waals surface area contributed by atoms with Gasteiger partial charge >= 0.3 is 23.9 Å². The lowest BCUT2D eigenvalue weighted by molar-refractivity contribution is -0.146. The highest BCUT2D eigenvalue weighted by atomic mass is 16.5. The van der Waals surface area contributed by atoms with Gasteiger partial charge in [-0.3, -0.25) is 9.59 Å². The van der Waals surface area contributed by atoms with Crippen LogP contribution in [0.5, 0.6) is 17.2 Å². The van der Waals surface area contributed by atoms with Crippen LogP contribution in [0.2, 0.25) is 0 Å². The second-order valence-corrected chi connectivity index (χ2v) is 7.37. The third-order valence-corrected chi connectivity index (χ3v) is 4.74. The number of carbonyl (C=O) groups is 4. The van der Waals surface area contributed by atoms with Gasteiger partial charge in [0.1, 0.15) is 17.2 Å². The summed E-state index contributed by atoms with van der Waals surface area (Å²) in [5.74, 6) is -1.28.